The van der Waals surface area contributed by atoms with Crippen molar-refractivity contribution in [3.05, 3.63) is 124 Å². The molecule has 0 heterocycles. The van der Waals surface area contributed by atoms with Crippen LogP contribution in [-0.4, -0.2) is 7.11 Å². The summed E-state index contributed by atoms with van der Waals surface area (Å²) in [6.07, 6.45) is 7.82. The molecule has 3 aromatic carbocycles. The Labute approximate surface area is 168 Å². The third-order valence-electron chi connectivity index (χ3n) is 5.64. The highest BCUT2D eigenvalue weighted by Crippen LogP contribution is 2.50. The molecule has 28 heavy (non-hydrogen) atoms. The van der Waals surface area contributed by atoms with Crippen molar-refractivity contribution in [2.24, 2.45) is 0 Å². The summed E-state index contributed by atoms with van der Waals surface area (Å²) in [4.78, 5) is 0. The van der Waals surface area contributed by atoms with Gasteiger partial charge in [0, 0.05) is 5.56 Å². The molecule has 0 aromatic heterocycles. The van der Waals surface area contributed by atoms with Crippen LogP contribution in [0.2, 0.25) is 0 Å². The van der Waals surface area contributed by atoms with Gasteiger partial charge in [0.05, 0.1) is 12.5 Å². The number of hydrogen-bond donors (Lipinski definition) is 0. The van der Waals surface area contributed by atoms with Crippen molar-refractivity contribution < 1.29 is 4.74 Å². The SMILES string of the molecule is COc1c(C)cc(C)cc1C(C1=CCC=C1)(c1ccccc1)c1ccccc1. The molecule has 140 valence electrons. The second-order valence-corrected chi connectivity index (χ2v) is 7.44. The zero-order chi connectivity index (χ0) is 19.6. The van der Waals surface area contributed by atoms with Crippen molar-refractivity contribution in [3.63, 3.8) is 0 Å². The Hall–Kier alpha value is -3.06. The zero-order valence-electron chi connectivity index (χ0n) is 16.8. The van der Waals surface area contributed by atoms with Gasteiger partial charge >= 0.3 is 0 Å². The van der Waals surface area contributed by atoms with Crippen molar-refractivity contribution in [1.29, 1.82) is 0 Å². The molecule has 3 aromatic rings. The van der Waals surface area contributed by atoms with E-state index in [1.807, 2.05) is 0 Å². The molecule has 0 fully saturated rings. The molecule has 1 nitrogen and oxygen atoms in total. The summed E-state index contributed by atoms with van der Waals surface area (Å²) in [5.74, 6) is 0.958. The summed E-state index contributed by atoms with van der Waals surface area (Å²) in [5, 5.41) is 0. The van der Waals surface area contributed by atoms with E-state index in [1.54, 1.807) is 7.11 Å². The van der Waals surface area contributed by atoms with Gasteiger partial charge in [0.2, 0.25) is 0 Å². The Morgan fingerprint density at radius 2 is 1.43 bits per heavy atom. The molecule has 0 atom stereocenters. The largest absolute Gasteiger partial charge is 0.496 e. The Morgan fingerprint density at radius 3 is 1.93 bits per heavy atom. The fraction of sp³-hybridized carbons (Fsp3) is 0.185. The van der Waals surface area contributed by atoms with Gasteiger partial charge in [-0.1, -0.05) is 96.6 Å². The van der Waals surface area contributed by atoms with E-state index < -0.39 is 5.41 Å². The number of aryl methyl sites for hydroxylation is 2. The van der Waals surface area contributed by atoms with Gasteiger partial charge in [-0.05, 0) is 42.5 Å². The molecule has 0 unspecified atom stereocenters. The van der Waals surface area contributed by atoms with Crippen LogP contribution >= 0.6 is 0 Å². The molecule has 0 radical (unpaired) electrons. The summed E-state index contributed by atoms with van der Waals surface area (Å²) in [6, 6.07) is 26.1. The maximum atomic E-state index is 5.99. The fourth-order valence-electron chi connectivity index (χ4n) is 4.58. The molecule has 0 bridgehead atoms. The van der Waals surface area contributed by atoms with Gasteiger partial charge < -0.3 is 4.74 Å². The van der Waals surface area contributed by atoms with Crippen molar-refractivity contribution in [2.45, 2.75) is 25.7 Å². The number of hydrogen-bond acceptors (Lipinski definition) is 1. The first-order valence-electron chi connectivity index (χ1n) is 9.82. The zero-order valence-corrected chi connectivity index (χ0v) is 16.8. The van der Waals surface area contributed by atoms with Gasteiger partial charge in [-0.25, -0.2) is 0 Å². The van der Waals surface area contributed by atoms with E-state index in [-0.39, 0.29) is 0 Å². The minimum Gasteiger partial charge on any atom is -0.496 e. The maximum absolute atomic E-state index is 5.99. The van der Waals surface area contributed by atoms with E-state index in [4.69, 9.17) is 4.74 Å². The lowest BCUT2D eigenvalue weighted by molar-refractivity contribution is 0.401. The molecule has 0 saturated carbocycles. The van der Waals surface area contributed by atoms with Crippen molar-refractivity contribution in [2.75, 3.05) is 7.11 Å². The molecular formula is C27H26O. The molecular weight excluding hydrogens is 340 g/mol. The monoisotopic (exact) mass is 366 g/mol. The van der Waals surface area contributed by atoms with E-state index >= 15 is 0 Å². The van der Waals surface area contributed by atoms with Crippen LogP contribution < -0.4 is 4.74 Å². The van der Waals surface area contributed by atoms with Gasteiger partial charge in [0.1, 0.15) is 5.75 Å². The Bertz CT molecular complexity index is 987. The highest BCUT2D eigenvalue weighted by molar-refractivity contribution is 5.66. The summed E-state index contributed by atoms with van der Waals surface area (Å²) in [5.41, 5.74) is 6.99. The highest BCUT2D eigenvalue weighted by atomic mass is 16.5. The Balaban J connectivity index is 2.18. The van der Waals surface area contributed by atoms with Crippen LogP contribution in [0.25, 0.3) is 0 Å². The predicted octanol–water partition coefficient (Wildman–Crippen LogP) is 6.53. The van der Waals surface area contributed by atoms with Gasteiger partial charge in [-0.15, -0.1) is 0 Å². The molecule has 0 aliphatic heterocycles. The predicted molar refractivity (Wildman–Crippen MR) is 117 cm³/mol. The number of allylic oxidation sites excluding steroid dienone is 4. The minimum absolute atomic E-state index is 0.419. The van der Waals surface area contributed by atoms with E-state index in [0.717, 1.165) is 17.7 Å². The average Bonchev–Trinajstić information content (AvgIpc) is 3.25. The van der Waals surface area contributed by atoms with E-state index in [2.05, 4.69) is 105 Å². The number of methoxy groups -OCH3 is 1. The molecule has 1 heteroatoms. The van der Waals surface area contributed by atoms with Gasteiger partial charge in [0.25, 0.3) is 0 Å². The lowest BCUT2D eigenvalue weighted by Gasteiger charge is -2.38. The first-order chi connectivity index (χ1) is 13.7. The quantitative estimate of drug-likeness (QED) is 0.466. The molecule has 1 aliphatic rings. The Morgan fingerprint density at radius 1 is 0.821 bits per heavy atom. The minimum atomic E-state index is -0.419. The van der Waals surface area contributed by atoms with Crippen LogP contribution in [-0.2, 0) is 5.41 Å². The smallest absolute Gasteiger partial charge is 0.126 e. The van der Waals surface area contributed by atoms with Crippen LogP contribution in [0.4, 0.5) is 0 Å². The molecule has 0 amide bonds. The second-order valence-electron chi connectivity index (χ2n) is 7.44. The van der Waals surface area contributed by atoms with E-state index in [9.17, 15) is 0 Å². The molecule has 0 N–H and O–H groups in total. The third kappa shape index (κ3) is 2.88. The third-order valence-corrected chi connectivity index (χ3v) is 5.64. The summed E-state index contributed by atoms with van der Waals surface area (Å²) in [6.45, 7) is 4.30. The van der Waals surface area contributed by atoms with Gasteiger partial charge in [-0.3, -0.25) is 0 Å². The summed E-state index contributed by atoms with van der Waals surface area (Å²) in [7, 11) is 1.78. The van der Waals surface area contributed by atoms with Crippen LogP contribution in [0, 0.1) is 13.8 Å². The van der Waals surface area contributed by atoms with Crippen molar-refractivity contribution >= 4 is 0 Å². The standard InChI is InChI=1S/C27H26O/c1-20-18-21(2)26(28-3)25(19-20)27(24-16-10-11-17-24,22-12-6-4-7-13-22)23-14-8-5-9-15-23/h4-10,12-19H,11H2,1-3H3. The van der Waals surface area contributed by atoms with Crippen LogP contribution in [0.15, 0.2) is 96.6 Å². The molecule has 0 spiro atoms. The molecule has 1 aliphatic carbocycles. The molecule has 4 rings (SSSR count). The first-order valence-corrected chi connectivity index (χ1v) is 9.82. The first kappa shape index (κ1) is 18.3. The normalized spacial score (nSPS) is 13.5. The van der Waals surface area contributed by atoms with Crippen LogP contribution in [0.5, 0.6) is 5.75 Å². The highest BCUT2D eigenvalue weighted by Gasteiger charge is 2.42. The van der Waals surface area contributed by atoms with Gasteiger partial charge in [0.15, 0.2) is 0 Å². The maximum Gasteiger partial charge on any atom is 0.126 e. The molecule has 0 saturated heterocycles. The number of rotatable bonds is 5. The lowest BCUT2D eigenvalue weighted by Crippen LogP contribution is -2.32. The Kier molecular flexibility index (Phi) is 4.92. The van der Waals surface area contributed by atoms with Gasteiger partial charge in [-0.2, -0.15) is 0 Å². The summed E-state index contributed by atoms with van der Waals surface area (Å²) < 4.78 is 5.99. The second kappa shape index (κ2) is 7.52. The number of ether oxygens (including phenoxy) is 1. The number of benzene rings is 3. The van der Waals surface area contributed by atoms with E-state index in [1.165, 1.54) is 27.8 Å². The average molecular weight is 367 g/mol. The van der Waals surface area contributed by atoms with Crippen molar-refractivity contribution in [3.8, 4) is 5.75 Å². The van der Waals surface area contributed by atoms with E-state index in [0.29, 0.717) is 0 Å². The fourth-order valence-corrected chi connectivity index (χ4v) is 4.58. The van der Waals surface area contributed by atoms with Crippen molar-refractivity contribution in [1.82, 2.24) is 0 Å². The summed E-state index contributed by atoms with van der Waals surface area (Å²) >= 11 is 0. The van der Waals surface area contributed by atoms with Crippen LogP contribution in [0.1, 0.15) is 34.2 Å². The topological polar surface area (TPSA) is 9.23 Å². The lowest BCUT2D eigenvalue weighted by atomic mass is 9.64. The van der Waals surface area contributed by atoms with Crippen LogP contribution in [0.3, 0.4) is 0 Å².